The van der Waals surface area contributed by atoms with E-state index in [1.807, 2.05) is 0 Å². The van der Waals surface area contributed by atoms with Crippen molar-refractivity contribution in [2.45, 2.75) is 117 Å². The molecule has 0 heterocycles. The fourth-order valence-electron chi connectivity index (χ4n) is 9.27. The van der Waals surface area contributed by atoms with Crippen LogP contribution in [0.15, 0.2) is 0 Å². The first-order valence-corrected chi connectivity index (χ1v) is 14.8. The fraction of sp³-hybridized carbons (Fsp3) is 0.931. The number of alkyl halides is 1. The van der Waals surface area contributed by atoms with Crippen LogP contribution in [-0.4, -0.2) is 22.7 Å². The van der Waals surface area contributed by atoms with E-state index in [1.54, 1.807) is 0 Å². The molecule has 0 aromatic rings. The van der Waals surface area contributed by atoms with Gasteiger partial charge in [-0.3, -0.25) is 9.59 Å². The third-order valence-electron chi connectivity index (χ3n) is 11.0. The Balaban J connectivity index is 1.53. The van der Waals surface area contributed by atoms with Crippen LogP contribution in [0.4, 0.5) is 0 Å². The third-order valence-corrected chi connectivity index (χ3v) is 12.1. The first-order chi connectivity index (χ1) is 15.5. The van der Waals surface area contributed by atoms with Gasteiger partial charge in [0, 0.05) is 12.8 Å². The summed E-state index contributed by atoms with van der Waals surface area (Å²) >= 11 is 3.90. The average Bonchev–Trinajstić information content (AvgIpc) is 3.09. The molecule has 4 fully saturated rings. The van der Waals surface area contributed by atoms with E-state index in [0.717, 1.165) is 37.0 Å². The van der Waals surface area contributed by atoms with E-state index in [1.165, 1.54) is 51.9 Å². The number of ketones is 1. The quantitative estimate of drug-likeness (QED) is 0.266. The monoisotopic (exact) mass is 522 g/mol. The summed E-state index contributed by atoms with van der Waals surface area (Å²) in [4.78, 5) is 25.4. The molecular weight excluding hydrogens is 476 g/mol. The molecule has 0 spiro atoms. The summed E-state index contributed by atoms with van der Waals surface area (Å²) in [7, 11) is 0. The number of esters is 1. The lowest BCUT2D eigenvalue weighted by Gasteiger charge is -2.61. The lowest BCUT2D eigenvalue weighted by molar-refractivity contribution is -0.166. The molecule has 0 radical (unpaired) electrons. The lowest BCUT2D eigenvalue weighted by atomic mass is 9.44. The molecule has 4 saturated carbocycles. The van der Waals surface area contributed by atoms with Crippen LogP contribution in [-0.2, 0) is 14.3 Å². The van der Waals surface area contributed by atoms with Gasteiger partial charge in [-0.1, -0.05) is 69.8 Å². The zero-order valence-corrected chi connectivity index (χ0v) is 23.5. The maximum absolute atomic E-state index is 13.9. The molecule has 0 saturated heterocycles. The molecule has 8 unspecified atom stereocenters. The van der Waals surface area contributed by atoms with E-state index in [9.17, 15) is 9.59 Å². The Labute approximate surface area is 210 Å². The number of Topliss-reactive ketones (excluding diaryl/α,β-unsaturated/α-hetero) is 1. The van der Waals surface area contributed by atoms with Crippen molar-refractivity contribution in [1.29, 1.82) is 0 Å². The van der Waals surface area contributed by atoms with Gasteiger partial charge in [0.25, 0.3) is 0 Å². The van der Waals surface area contributed by atoms with Crippen molar-refractivity contribution < 1.29 is 14.3 Å². The molecule has 3 nitrogen and oxygen atoms in total. The molecule has 0 amide bonds. The normalized spacial score (nSPS) is 45.8. The first-order valence-electron chi connectivity index (χ1n) is 13.8. The molecule has 10 atom stereocenters. The summed E-state index contributed by atoms with van der Waals surface area (Å²) in [6, 6.07) is 0. The predicted octanol–water partition coefficient (Wildman–Crippen LogP) is 7.59. The smallest absolute Gasteiger partial charge is 0.302 e. The molecule has 4 heteroatoms. The van der Waals surface area contributed by atoms with Crippen LogP contribution in [0.1, 0.15) is 106 Å². The van der Waals surface area contributed by atoms with Gasteiger partial charge in [0.1, 0.15) is 11.9 Å². The van der Waals surface area contributed by atoms with Gasteiger partial charge in [-0.05, 0) is 91.3 Å². The van der Waals surface area contributed by atoms with Gasteiger partial charge < -0.3 is 4.74 Å². The van der Waals surface area contributed by atoms with E-state index < -0.39 is 0 Å². The Kier molecular flexibility index (Phi) is 7.46. The second-order valence-electron chi connectivity index (χ2n) is 13.2. The minimum absolute atomic E-state index is 0.0265. The highest BCUT2D eigenvalue weighted by Gasteiger charge is 2.65. The van der Waals surface area contributed by atoms with Crippen molar-refractivity contribution in [1.82, 2.24) is 0 Å². The Morgan fingerprint density at radius 2 is 1.67 bits per heavy atom. The molecular formula is C29H47BrO3. The molecule has 33 heavy (non-hydrogen) atoms. The first kappa shape index (κ1) is 25.7. The highest BCUT2D eigenvalue weighted by Crippen LogP contribution is 2.68. The van der Waals surface area contributed by atoms with Gasteiger partial charge in [-0.25, -0.2) is 0 Å². The molecule has 0 aromatic carbocycles. The summed E-state index contributed by atoms with van der Waals surface area (Å²) in [5.41, 5.74) is 0.491. The Bertz CT molecular complexity index is 749. The average molecular weight is 524 g/mol. The summed E-state index contributed by atoms with van der Waals surface area (Å²) in [6.07, 6.45) is 11.9. The highest BCUT2D eigenvalue weighted by atomic mass is 79.9. The van der Waals surface area contributed by atoms with E-state index in [4.69, 9.17) is 4.74 Å². The van der Waals surface area contributed by atoms with E-state index in [2.05, 4.69) is 50.5 Å². The van der Waals surface area contributed by atoms with Crippen molar-refractivity contribution in [2.75, 3.05) is 0 Å². The molecule has 0 N–H and O–H groups in total. The highest BCUT2D eigenvalue weighted by molar-refractivity contribution is 9.10. The van der Waals surface area contributed by atoms with Gasteiger partial charge in [0.2, 0.25) is 0 Å². The van der Waals surface area contributed by atoms with Crippen LogP contribution in [0.25, 0.3) is 0 Å². The van der Waals surface area contributed by atoms with Crippen LogP contribution in [0.3, 0.4) is 0 Å². The van der Waals surface area contributed by atoms with E-state index >= 15 is 0 Å². The van der Waals surface area contributed by atoms with Crippen LogP contribution in [0.5, 0.6) is 0 Å². The van der Waals surface area contributed by atoms with Crippen LogP contribution in [0.2, 0.25) is 0 Å². The van der Waals surface area contributed by atoms with Gasteiger partial charge in [0.05, 0.1) is 4.83 Å². The molecule has 0 aliphatic heterocycles. The van der Waals surface area contributed by atoms with Gasteiger partial charge in [-0.15, -0.1) is 0 Å². The van der Waals surface area contributed by atoms with Crippen molar-refractivity contribution in [3.8, 4) is 0 Å². The summed E-state index contributed by atoms with van der Waals surface area (Å²) in [5.74, 6) is 4.13. The molecule has 4 aliphatic rings. The Morgan fingerprint density at radius 1 is 1.00 bits per heavy atom. The minimum atomic E-state index is -0.192. The zero-order chi connectivity index (χ0) is 24.1. The number of carbonyl (C=O) groups is 2. The van der Waals surface area contributed by atoms with Crippen molar-refractivity contribution in [2.24, 2.45) is 52.3 Å². The number of halogens is 1. The van der Waals surface area contributed by atoms with Crippen LogP contribution in [0, 0.1) is 52.3 Å². The molecule has 4 rings (SSSR count). The lowest BCUT2D eigenvalue weighted by Crippen LogP contribution is -2.61. The number of rotatable bonds is 6. The van der Waals surface area contributed by atoms with Gasteiger partial charge in [-0.2, -0.15) is 0 Å². The maximum atomic E-state index is 13.9. The number of hydrogen-bond acceptors (Lipinski definition) is 3. The fourth-order valence-corrected chi connectivity index (χ4v) is 10.4. The third kappa shape index (κ3) is 4.49. The number of ether oxygens (including phenoxy) is 1. The van der Waals surface area contributed by atoms with Gasteiger partial charge >= 0.3 is 5.97 Å². The molecule has 0 bridgehead atoms. The van der Waals surface area contributed by atoms with Gasteiger partial charge in [0.15, 0.2) is 0 Å². The molecule has 188 valence electrons. The maximum Gasteiger partial charge on any atom is 0.302 e. The Morgan fingerprint density at radius 3 is 2.33 bits per heavy atom. The zero-order valence-electron chi connectivity index (χ0n) is 21.9. The second-order valence-corrected chi connectivity index (χ2v) is 14.2. The van der Waals surface area contributed by atoms with Crippen molar-refractivity contribution >= 4 is 27.7 Å². The SMILES string of the molecule is CC(=O)OC1CCC2(C)C3CCC4(C)C(CCC4[C@H](C)CCCC(C)C)C3C(=O)C(Br)[C@H]2C1. The van der Waals surface area contributed by atoms with Crippen molar-refractivity contribution in [3.63, 3.8) is 0 Å². The number of fused-ring (bicyclic) bond motifs is 5. The second kappa shape index (κ2) is 9.58. The summed E-state index contributed by atoms with van der Waals surface area (Å²) in [5, 5.41) is 0. The standard InChI is InChI=1S/C29H47BrO3/c1-17(2)8-7-9-18(3)21-10-11-22-25-23(13-15-28(21,22)5)29(6)14-12-20(33-19(4)31)16-24(29)26(30)27(25)32/h17-18,20-26H,7-16H2,1-6H3/t18-,20?,21?,22?,23?,24-,25?,26?,28?,29?/m1/s1. The van der Waals surface area contributed by atoms with E-state index in [0.29, 0.717) is 23.0 Å². The number of hydrogen-bond donors (Lipinski definition) is 0. The summed E-state index contributed by atoms with van der Waals surface area (Å²) in [6.45, 7) is 13.7. The van der Waals surface area contributed by atoms with Crippen molar-refractivity contribution in [3.05, 3.63) is 0 Å². The largest absolute Gasteiger partial charge is 0.463 e. The minimum Gasteiger partial charge on any atom is -0.463 e. The molecule has 0 aromatic heterocycles. The van der Waals surface area contributed by atoms with Crippen LogP contribution >= 0.6 is 15.9 Å². The van der Waals surface area contributed by atoms with E-state index in [-0.39, 0.29) is 34.2 Å². The summed E-state index contributed by atoms with van der Waals surface area (Å²) < 4.78 is 5.61. The molecule has 4 aliphatic carbocycles. The number of carbonyl (C=O) groups excluding carboxylic acids is 2. The topological polar surface area (TPSA) is 43.4 Å². The predicted molar refractivity (Wildman–Crippen MR) is 137 cm³/mol. The van der Waals surface area contributed by atoms with Crippen LogP contribution < -0.4 is 0 Å². The Hall–Kier alpha value is -0.380.